The highest BCUT2D eigenvalue weighted by Crippen LogP contribution is 2.23. The summed E-state index contributed by atoms with van der Waals surface area (Å²) in [5.74, 6) is 0.0859. The van der Waals surface area contributed by atoms with Gasteiger partial charge in [-0.05, 0) is 48.6 Å². The van der Waals surface area contributed by atoms with Crippen LogP contribution in [0.5, 0.6) is 0 Å². The van der Waals surface area contributed by atoms with E-state index in [1.54, 1.807) is 11.8 Å². The third kappa shape index (κ3) is 5.14. The van der Waals surface area contributed by atoms with Crippen LogP contribution in [0.15, 0.2) is 53.4 Å². The van der Waals surface area contributed by atoms with E-state index in [1.165, 1.54) is 16.7 Å². The quantitative estimate of drug-likeness (QED) is 0.753. The van der Waals surface area contributed by atoms with Crippen LogP contribution in [0, 0.1) is 0 Å². The van der Waals surface area contributed by atoms with Crippen molar-refractivity contribution in [1.29, 1.82) is 0 Å². The van der Waals surface area contributed by atoms with Crippen LogP contribution in [-0.2, 0) is 24.2 Å². The number of amides is 1. The zero-order chi connectivity index (χ0) is 16.7. The fourth-order valence-corrected chi connectivity index (χ4v) is 3.40. The first kappa shape index (κ1) is 17.6. The molecule has 0 aliphatic rings. The number of nitrogens with one attached hydrogen (secondary N) is 1. The predicted molar refractivity (Wildman–Crippen MR) is 98.8 cm³/mol. The van der Waals surface area contributed by atoms with Gasteiger partial charge in [0.05, 0.1) is 5.25 Å². The Bertz CT molecular complexity index is 639. The van der Waals surface area contributed by atoms with Gasteiger partial charge < -0.3 is 5.32 Å². The summed E-state index contributed by atoms with van der Waals surface area (Å²) in [5.41, 5.74) is 3.86. The van der Waals surface area contributed by atoms with Crippen molar-refractivity contribution < 1.29 is 4.79 Å². The summed E-state index contributed by atoms with van der Waals surface area (Å²) in [5, 5.41) is 2.99. The van der Waals surface area contributed by atoms with Crippen LogP contribution in [0.4, 0.5) is 0 Å². The highest BCUT2D eigenvalue weighted by atomic mass is 32.2. The number of rotatable bonds is 7. The van der Waals surface area contributed by atoms with Crippen molar-refractivity contribution in [1.82, 2.24) is 5.32 Å². The molecule has 2 rings (SSSR count). The topological polar surface area (TPSA) is 29.1 Å². The smallest absolute Gasteiger partial charge is 0.233 e. The highest BCUT2D eigenvalue weighted by Gasteiger charge is 2.14. The van der Waals surface area contributed by atoms with Gasteiger partial charge in [0.1, 0.15) is 0 Å². The van der Waals surface area contributed by atoms with Crippen LogP contribution in [-0.4, -0.2) is 11.2 Å². The molecular formula is C20H25NOS. The van der Waals surface area contributed by atoms with Crippen LogP contribution in [0.25, 0.3) is 0 Å². The van der Waals surface area contributed by atoms with Crippen LogP contribution in [0.3, 0.4) is 0 Å². The largest absolute Gasteiger partial charge is 0.351 e. The summed E-state index contributed by atoms with van der Waals surface area (Å²) >= 11 is 1.59. The van der Waals surface area contributed by atoms with Crippen LogP contribution in [0.1, 0.15) is 37.5 Å². The number of aryl methyl sites for hydroxylation is 2. The van der Waals surface area contributed by atoms with Crippen molar-refractivity contribution in [2.75, 3.05) is 0 Å². The molecule has 0 aliphatic carbocycles. The molecule has 0 spiro atoms. The van der Waals surface area contributed by atoms with Crippen molar-refractivity contribution in [2.45, 2.75) is 50.3 Å². The molecule has 1 N–H and O–H groups in total. The van der Waals surface area contributed by atoms with Gasteiger partial charge in [0, 0.05) is 11.4 Å². The molecule has 2 aromatic carbocycles. The SMILES string of the molecule is CCc1ccc(CC)c(CNC(=O)[C@@H](C)Sc2ccccc2)c1. The number of carbonyl (C=O) groups excluding carboxylic acids is 1. The molecule has 1 atom stereocenters. The molecule has 3 heteroatoms. The second-order valence-electron chi connectivity index (χ2n) is 5.60. The molecule has 2 aromatic rings. The molecule has 0 bridgehead atoms. The molecule has 0 saturated heterocycles. The van der Waals surface area contributed by atoms with Gasteiger partial charge in [-0.15, -0.1) is 11.8 Å². The number of hydrogen-bond acceptors (Lipinski definition) is 2. The van der Waals surface area contributed by atoms with Crippen LogP contribution >= 0.6 is 11.8 Å². The first-order valence-electron chi connectivity index (χ1n) is 8.24. The van der Waals surface area contributed by atoms with Gasteiger partial charge in [0.15, 0.2) is 0 Å². The van der Waals surface area contributed by atoms with Crippen molar-refractivity contribution in [3.8, 4) is 0 Å². The second-order valence-corrected chi connectivity index (χ2v) is 7.02. The lowest BCUT2D eigenvalue weighted by Crippen LogP contribution is -2.30. The van der Waals surface area contributed by atoms with E-state index in [4.69, 9.17) is 0 Å². The van der Waals surface area contributed by atoms with Crippen molar-refractivity contribution in [3.63, 3.8) is 0 Å². The summed E-state index contributed by atoms with van der Waals surface area (Å²) in [6, 6.07) is 16.6. The minimum atomic E-state index is -0.100. The third-order valence-electron chi connectivity index (χ3n) is 3.94. The lowest BCUT2D eigenvalue weighted by Gasteiger charge is -2.14. The van der Waals surface area contributed by atoms with Crippen molar-refractivity contribution in [2.24, 2.45) is 0 Å². The molecule has 0 saturated carbocycles. The molecule has 2 nitrogen and oxygen atoms in total. The average molecular weight is 327 g/mol. The van der Waals surface area contributed by atoms with Crippen LogP contribution in [0.2, 0.25) is 0 Å². The Labute approximate surface area is 143 Å². The first-order chi connectivity index (χ1) is 11.1. The molecule has 0 fully saturated rings. The zero-order valence-electron chi connectivity index (χ0n) is 14.1. The summed E-state index contributed by atoms with van der Waals surface area (Å²) in [6.07, 6.45) is 2.01. The Morgan fingerprint density at radius 3 is 2.43 bits per heavy atom. The van der Waals surface area contributed by atoms with E-state index in [2.05, 4.69) is 37.4 Å². The lowest BCUT2D eigenvalue weighted by atomic mass is 10.0. The Morgan fingerprint density at radius 2 is 1.78 bits per heavy atom. The molecule has 0 radical (unpaired) electrons. The number of thioether (sulfide) groups is 1. The van der Waals surface area contributed by atoms with Gasteiger partial charge in [0.25, 0.3) is 0 Å². The maximum atomic E-state index is 12.3. The lowest BCUT2D eigenvalue weighted by molar-refractivity contribution is -0.120. The average Bonchev–Trinajstić information content (AvgIpc) is 2.60. The minimum absolute atomic E-state index is 0.0859. The highest BCUT2D eigenvalue weighted by molar-refractivity contribution is 8.00. The zero-order valence-corrected chi connectivity index (χ0v) is 15.0. The Balaban J connectivity index is 1.96. The monoisotopic (exact) mass is 327 g/mol. The van der Waals surface area contributed by atoms with Gasteiger partial charge in [-0.3, -0.25) is 4.79 Å². The normalized spacial score (nSPS) is 12.0. The van der Waals surface area contributed by atoms with E-state index < -0.39 is 0 Å². The molecule has 0 aromatic heterocycles. The standard InChI is InChI=1S/C20H25NOS/c1-4-16-11-12-17(5-2)18(13-16)14-21-20(22)15(3)23-19-9-7-6-8-10-19/h6-13,15H,4-5,14H2,1-3H3,(H,21,22)/t15-/m1/s1. The fraction of sp³-hybridized carbons (Fsp3) is 0.350. The Hall–Kier alpha value is -1.74. The molecule has 0 unspecified atom stereocenters. The fourth-order valence-electron chi connectivity index (χ4n) is 2.49. The maximum Gasteiger partial charge on any atom is 0.233 e. The summed E-state index contributed by atoms with van der Waals surface area (Å²) < 4.78 is 0. The summed E-state index contributed by atoms with van der Waals surface area (Å²) in [7, 11) is 0. The van der Waals surface area contributed by atoms with Gasteiger partial charge in [0.2, 0.25) is 5.91 Å². The number of hydrogen-bond donors (Lipinski definition) is 1. The minimum Gasteiger partial charge on any atom is -0.351 e. The second kappa shape index (κ2) is 8.78. The molecule has 0 aliphatic heterocycles. The van der Waals surface area contributed by atoms with Gasteiger partial charge >= 0.3 is 0 Å². The molecular weight excluding hydrogens is 302 g/mol. The van der Waals surface area contributed by atoms with Crippen LogP contribution < -0.4 is 5.32 Å². The van der Waals surface area contributed by atoms with E-state index in [-0.39, 0.29) is 11.2 Å². The van der Waals surface area contributed by atoms with E-state index in [0.29, 0.717) is 6.54 Å². The van der Waals surface area contributed by atoms with E-state index in [9.17, 15) is 4.79 Å². The Morgan fingerprint density at radius 1 is 1.04 bits per heavy atom. The molecule has 0 heterocycles. The Kier molecular flexibility index (Phi) is 6.72. The van der Waals surface area contributed by atoms with Gasteiger partial charge in [-0.2, -0.15) is 0 Å². The molecule has 23 heavy (non-hydrogen) atoms. The van der Waals surface area contributed by atoms with E-state index in [1.807, 2.05) is 37.3 Å². The molecule has 1 amide bonds. The number of carbonyl (C=O) groups is 1. The summed E-state index contributed by atoms with van der Waals surface area (Å²) in [4.78, 5) is 13.5. The van der Waals surface area contributed by atoms with Gasteiger partial charge in [-0.1, -0.05) is 50.2 Å². The van der Waals surface area contributed by atoms with E-state index >= 15 is 0 Å². The predicted octanol–water partition coefficient (Wildman–Crippen LogP) is 4.61. The first-order valence-corrected chi connectivity index (χ1v) is 9.12. The van der Waals surface area contributed by atoms with Gasteiger partial charge in [-0.25, -0.2) is 0 Å². The number of benzene rings is 2. The van der Waals surface area contributed by atoms with Crippen molar-refractivity contribution >= 4 is 17.7 Å². The van der Waals surface area contributed by atoms with Crippen molar-refractivity contribution in [3.05, 3.63) is 65.2 Å². The summed E-state index contributed by atoms with van der Waals surface area (Å²) in [6.45, 7) is 6.87. The third-order valence-corrected chi connectivity index (χ3v) is 5.05. The molecule has 122 valence electrons. The maximum absolute atomic E-state index is 12.3. The van der Waals surface area contributed by atoms with E-state index in [0.717, 1.165) is 17.7 Å².